The van der Waals surface area contributed by atoms with Crippen LogP contribution in [0.25, 0.3) is 0 Å². The van der Waals surface area contributed by atoms with Crippen molar-refractivity contribution < 1.29 is 18.4 Å². The molecule has 150 valence electrons. The highest BCUT2D eigenvalue weighted by atomic mass is 19.1. The van der Waals surface area contributed by atoms with E-state index in [-0.39, 0.29) is 24.0 Å². The van der Waals surface area contributed by atoms with E-state index in [4.69, 9.17) is 0 Å². The first-order valence-corrected chi connectivity index (χ1v) is 9.15. The molecule has 0 bridgehead atoms. The van der Waals surface area contributed by atoms with E-state index in [1.54, 1.807) is 4.90 Å². The molecule has 1 aliphatic rings. The van der Waals surface area contributed by atoms with Crippen molar-refractivity contribution in [2.45, 2.75) is 45.7 Å². The quantitative estimate of drug-likeness (QED) is 0.682. The normalized spacial score (nSPS) is 14.7. The molecule has 0 radical (unpaired) electrons. The molecule has 3 amide bonds. The summed E-state index contributed by atoms with van der Waals surface area (Å²) in [5, 5.41) is 12.4. The first-order valence-electron chi connectivity index (χ1n) is 9.15. The minimum Gasteiger partial charge on any atom is -0.338 e. The van der Waals surface area contributed by atoms with Gasteiger partial charge in [-0.2, -0.15) is 5.10 Å². The Labute approximate surface area is 161 Å². The van der Waals surface area contributed by atoms with Crippen molar-refractivity contribution in [3.05, 3.63) is 46.7 Å². The number of unbranched alkanes of at least 4 members (excludes halogenated alkanes) is 1. The summed E-state index contributed by atoms with van der Waals surface area (Å²) in [4.78, 5) is 26.6. The fourth-order valence-electron chi connectivity index (χ4n) is 3.26. The maximum atomic E-state index is 13.9. The Bertz CT molecular complexity index is 910. The lowest BCUT2D eigenvalue weighted by Gasteiger charge is -2.31. The summed E-state index contributed by atoms with van der Waals surface area (Å²) >= 11 is 0. The SMILES string of the molecule is CCCCNC(=O)N1Cc2c(NC(=O)c3ccc(F)cc3F)n[nH]c2C1(C)C. The second kappa shape index (κ2) is 7.57. The van der Waals surface area contributed by atoms with E-state index in [2.05, 4.69) is 20.8 Å². The van der Waals surface area contributed by atoms with Crippen LogP contribution in [0.2, 0.25) is 0 Å². The second-order valence-corrected chi connectivity index (χ2v) is 7.23. The number of benzene rings is 1. The number of anilines is 1. The van der Waals surface area contributed by atoms with E-state index in [1.807, 2.05) is 20.8 Å². The predicted molar refractivity (Wildman–Crippen MR) is 99.8 cm³/mol. The van der Waals surface area contributed by atoms with E-state index in [1.165, 1.54) is 0 Å². The van der Waals surface area contributed by atoms with Crippen LogP contribution in [0.4, 0.5) is 19.4 Å². The van der Waals surface area contributed by atoms with Crippen molar-refractivity contribution in [3.8, 4) is 0 Å². The number of urea groups is 1. The standard InChI is InChI=1S/C19H23F2N5O2/c1-4-5-8-22-18(28)26-10-13-15(19(26,2)3)24-25-16(13)23-17(27)12-7-6-11(20)9-14(12)21/h6-7,9H,4-5,8,10H2,1-3H3,(H,22,28)(H2,23,24,25,27). The molecule has 0 unspecified atom stereocenters. The average Bonchev–Trinajstić information content (AvgIpc) is 3.13. The van der Waals surface area contributed by atoms with E-state index >= 15 is 0 Å². The number of H-pyrrole nitrogens is 1. The number of carbonyl (C=O) groups excluding carboxylic acids is 2. The van der Waals surface area contributed by atoms with Gasteiger partial charge in [-0.25, -0.2) is 13.6 Å². The van der Waals surface area contributed by atoms with Crippen molar-refractivity contribution in [2.75, 3.05) is 11.9 Å². The van der Waals surface area contributed by atoms with Gasteiger partial charge in [-0.3, -0.25) is 9.89 Å². The Kier molecular flexibility index (Phi) is 5.35. The van der Waals surface area contributed by atoms with Gasteiger partial charge in [-0.05, 0) is 32.4 Å². The molecule has 0 spiro atoms. The highest BCUT2D eigenvalue weighted by Gasteiger charge is 2.43. The number of fused-ring (bicyclic) bond motifs is 1. The van der Waals surface area contributed by atoms with Crippen LogP contribution >= 0.6 is 0 Å². The summed E-state index contributed by atoms with van der Waals surface area (Å²) in [5.74, 6) is -2.24. The first-order chi connectivity index (χ1) is 13.3. The molecule has 0 atom stereocenters. The Morgan fingerprint density at radius 2 is 2.07 bits per heavy atom. The van der Waals surface area contributed by atoms with Gasteiger partial charge < -0.3 is 15.5 Å². The maximum absolute atomic E-state index is 13.9. The molecule has 0 saturated carbocycles. The molecule has 9 heteroatoms. The van der Waals surface area contributed by atoms with Crippen LogP contribution in [0.5, 0.6) is 0 Å². The Hall–Kier alpha value is -2.97. The molecular weight excluding hydrogens is 368 g/mol. The van der Waals surface area contributed by atoms with E-state index in [9.17, 15) is 18.4 Å². The molecule has 2 aromatic rings. The molecule has 0 saturated heterocycles. The number of hydrogen-bond acceptors (Lipinski definition) is 3. The highest BCUT2D eigenvalue weighted by Crippen LogP contribution is 2.40. The number of amides is 3. The number of hydrogen-bond donors (Lipinski definition) is 3. The maximum Gasteiger partial charge on any atom is 0.318 e. The Morgan fingerprint density at radius 1 is 1.32 bits per heavy atom. The van der Waals surface area contributed by atoms with Crippen molar-refractivity contribution >= 4 is 17.8 Å². The smallest absolute Gasteiger partial charge is 0.318 e. The largest absolute Gasteiger partial charge is 0.338 e. The van der Waals surface area contributed by atoms with Gasteiger partial charge >= 0.3 is 6.03 Å². The van der Waals surface area contributed by atoms with Crippen LogP contribution in [0, 0.1) is 11.6 Å². The zero-order valence-corrected chi connectivity index (χ0v) is 16.0. The molecule has 0 fully saturated rings. The topological polar surface area (TPSA) is 90.1 Å². The summed E-state index contributed by atoms with van der Waals surface area (Å²) < 4.78 is 26.9. The predicted octanol–water partition coefficient (Wildman–Crippen LogP) is 3.50. The van der Waals surface area contributed by atoms with Gasteiger partial charge in [0.1, 0.15) is 11.6 Å². The molecule has 3 N–H and O–H groups in total. The molecule has 1 aromatic carbocycles. The molecule has 1 aromatic heterocycles. The number of halogens is 2. The number of aromatic amines is 1. The van der Waals surface area contributed by atoms with Crippen LogP contribution in [-0.4, -0.2) is 33.6 Å². The van der Waals surface area contributed by atoms with Gasteiger partial charge in [0.15, 0.2) is 5.82 Å². The van der Waals surface area contributed by atoms with Gasteiger partial charge in [-0.1, -0.05) is 13.3 Å². The third-order valence-electron chi connectivity index (χ3n) is 4.93. The summed E-state index contributed by atoms with van der Waals surface area (Å²) in [6.45, 7) is 6.63. The lowest BCUT2D eigenvalue weighted by molar-refractivity contribution is 0.102. The average molecular weight is 391 g/mol. The fraction of sp³-hybridized carbons (Fsp3) is 0.421. The van der Waals surface area contributed by atoms with Gasteiger partial charge in [0.25, 0.3) is 5.91 Å². The van der Waals surface area contributed by atoms with Crippen molar-refractivity contribution in [2.24, 2.45) is 0 Å². The number of nitrogens with zero attached hydrogens (tertiary/aromatic N) is 2. The van der Waals surface area contributed by atoms with Crippen LogP contribution in [-0.2, 0) is 12.1 Å². The number of nitrogens with one attached hydrogen (secondary N) is 3. The van der Waals surface area contributed by atoms with Crippen molar-refractivity contribution in [1.29, 1.82) is 0 Å². The summed E-state index contributed by atoms with van der Waals surface area (Å²) in [6.07, 6.45) is 1.86. The minimum atomic E-state index is -0.957. The third-order valence-corrected chi connectivity index (χ3v) is 4.93. The Morgan fingerprint density at radius 3 is 2.75 bits per heavy atom. The molecule has 3 rings (SSSR count). The van der Waals surface area contributed by atoms with E-state index < -0.39 is 23.1 Å². The van der Waals surface area contributed by atoms with E-state index in [0.717, 1.165) is 25.0 Å². The fourth-order valence-corrected chi connectivity index (χ4v) is 3.26. The van der Waals surface area contributed by atoms with Gasteiger partial charge in [0, 0.05) is 18.2 Å². The van der Waals surface area contributed by atoms with Crippen molar-refractivity contribution in [3.63, 3.8) is 0 Å². The molecule has 28 heavy (non-hydrogen) atoms. The molecular formula is C19H23F2N5O2. The zero-order valence-electron chi connectivity index (χ0n) is 16.0. The number of aromatic nitrogens is 2. The number of carbonyl (C=O) groups is 2. The highest BCUT2D eigenvalue weighted by molar-refractivity contribution is 6.04. The third kappa shape index (κ3) is 3.56. The van der Waals surface area contributed by atoms with Crippen LogP contribution in [0.3, 0.4) is 0 Å². The molecule has 1 aliphatic heterocycles. The van der Waals surface area contributed by atoms with Gasteiger partial charge in [0.2, 0.25) is 0 Å². The minimum absolute atomic E-state index is 0.204. The zero-order chi connectivity index (χ0) is 20.5. The Balaban J connectivity index is 1.78. The summed E-state index contributed by atoms with van der Waals surface area (Å²) in [5.41, 5.74) is 0.423. The summed E-state index contributed by atoms with van der Waals surface area (Å²) in [7, 11) is 0. The van der Waals surface area contributed by atoms with Crippen LogP contribution < -0.4 is 10.6 Å². The van der Waals surface area contributed by atoms with Gasteiger partial charge in [-0.15, -0.1) is 0 Å². The molecule has 2 heterocycles. The van der Waals surface area contributed by atoms with Gasteiger partial charge in [0.05, 0.1) is 23.3 Å². The second-order valence-electron chi connectivity index (χ2n) is 7.23. The van der Waals surface area contributed by atoms with Crippen molar-refractivity contribution in [1.82, 2.24) is 20.4 Å². The molecule has 0 aliphatic carbocycles. The molecule has 7 nitrogen and oxygen atoms in total. The van der Waals surface area contributed by atoms with E-state index in [0.29, 0.717) is 23.9 Å². The van der Waals surface area contributed by atoms with Crippen LogP contribution in [0.1, 0.15) is 55.2 Å². The lowest BCUT2D eigenvalue weighted by atomic mass is 10.0. The number of rotatable bonds is 5. The summed E-state index contributed by atoms with van der Waals surface area (Å²) in [6, 6.07) is 2.53. The van der Waals surface area contributed by atoms with Crippen LogP contribution in [0.15, 0.2) is 18.2 Å². The monoisotopic (exact) mass is 391 g/mol. The lowest BCUT2D eigenvalue weighted by Crippen LogP contribution is -2.46. The first kappa shape index (κ1) is 19.8.